The summed E-state index contributed by atoms with van der Waals surface area (Å²) in [5.41, 5.74) is 14.9. The van der Waals surface area contributed by atoms with E-state index < -0.39 is 10.0 Å². The molecule has 0 aliphatic heterocycles. The van der Waals surface area contributed by atoms with Crippen molar-refractivity contribution in [3.63, 3.8) is 0 Å². The molecular weight excluding hydrogens is 376 g/mol. The molecule has 2 heterocycles. The monoisotopic (exact) mass is 400 g/mol. The highest BCUT2D eigenvalue weighted by atomic mass is 32.2. The first kappa shape index (κ1) is 18.7. The summed E-state index contributed by atoms with van der Waals surface area (Å²) in [6.45, 7) is 6.16. The fourth-order valence-electron chi connectivity index (χ4n) is 3.29. The maximum Gasteiger partial charge on any atom is 0.244 e. The topological polar surface area (TPSA) is 129 Å². The number of hydrogen-bond donors (Lipinski definition) is 3. The van der Waals surface area contributed by atoms with Crippen molar-refractivity contribution in [2.45, 2.75) is 50.1 Å². The standard InChI is InChI=1S/C19H24N6O2S/c1-19(2,3)25-15-8-11(4-7-14(15)23-18(25)21)12-9-16(17(20)22-10-12)28(26,27)24-13-5-6-13/h4,7-10,13,24H,5-6H2,1-3H3,(H2,20,22)(H2,21,23). The molecule has 1 saturated carbocycles. The number of fused-ring (bicyclic) bond motifs is 1. The SMILES string of the molecule is CC(C)(C)n1c(N)nc2ccc(-c3cnc(N)c(S(=O)(=O)NC4CC4)c3)cc21. The molecule has 1 fully saturated rings. The lowest BCUT2D eigenvalue weighted by Crippen LogP contribution is -2.26. The molecule has 0 amide bonds. The molecule has 0 radical (unpaired) electrons. The number of nitrogens with zero attached hydrogens (tertiary/aromatic N) is 3. The van der Waals surface area contributed by atoms with Gasteiger partial charge < -0.3 is 16.0 Å². The lowest BCUT2D eigenvalue weighted by molar-refractivity contribution is 0.414. The molecule has 1 aromatic carbocycles. The number of anilines is 2. The van der Waals surface area contributed by atoms with Crippen molar-refractivity contribution in [3.8, 4) is 11.1 Å². The molecule has 148 valence electrons. The highest BCUT2D eigenvalue weighted by Gasteiger charge is 2.30. The minimum atomic E-state index is -3.70. The highest BCUT2D eigenvalue weighted by molar-refractivity contribution is 7.89. The van der Waals surface area contributed by atoms with Gasteiger partial charge in [0.1, 0.15) is 10.7 Å². The smallest absolute Gasteiger partial charge is 0.244 e. The molecular formula is C19H24N6O2S. The Labute approximate surface area is 164 Å². The van der Waals surface area contributed by atoms with Crippen molar-refractivity contribution in [2.75, 3.05) is 11.5 Å². The Bertz CT molecular complexity index is 1170. The largest absolute Gasteiger partial charge is 0.383 e. The van der Waals surface area contributed by atoms with E-state index in [-0.39, 0.29) is 22.3 Å². The summed E-state index contributed by atoms with van der Waals surface area (Å²) in [6.07, 6.45) is 3.27. The Morgan fingerprint density at radius 1 is 1.14 bits per heavy atom. The lowest BCUT2D eigenvalue weighted by atomic mass is 10.1. The summed E-state index contributed by atoms with van der Waals surface area (Å²) >= 11 is 0. The van der Waals surface area contributed by atoms with Crippen LogP contribution in [0.2, 0.25) is 0 Å². The number of nitrogens with one attached hydrogen (secondary N) is 1. The average Bonchev–Trinajstić information content (AvgIpc) is 3.31. The third-order valence-electron chi connectivity index (χ3n) is 4.76. The zero-order valence-electron chi connectivity index (χ0n) is 16.1. The summed E-state index contributed by atoms with van der Waals surface area (Å²) < 4.78 is 29.9. The van der Waals surface area contributed by atoms with Crippen LogP contribution in [0.25, 0.3) is 22.2 Å². The van der Waals surface area contributed by atoms with Crippen molar-refractivity contribution in [2.24, 2.45) is 0 Å². The van der Waals surface area contributed by atoms with Gasteiger partial charge in [0, 0.05) is 23.3 Å². The van der Waals surface area contributed by atoms with Crippen molar-refractivity contribution in [3.05, 3.63) is 30.5 Å². The molecule has 1 aliphatic rings. The molecule has 8 nitrogen and oxygen atoms in total. The van der Waals surface area contributed by atoms with Crippen LogP contribution in [0, 0.1) is 0 Å². The summed E-state index contributed by atoms with van der Waals surface area (Å²) in [5, 5.41) is 0. The second kappa shape index (κ2) is 6.18. The molecule has 28 heavy (non-hydrogen) atoms. The third kappa shape index (κ3) is 3.31. The fourth-order valence-corrected chi connectivity index (χ4v) is 4.70. The van der Waals surface area contributed by atoms with Gasteiger partial charge in [-0.05, 0) is 57.4 Å². The minimum absolute atomic E-state index is 0.000778. The molecule has 5 N–H and O–H groups in total. The number of hydrogen-bond acceptors (Lipinski definition) is 6. The Hall–Kier alpha value is -2.65. The molecule has 0 atom stereocenters. The summed E-state index contributed by atoms with van der Waals surface area (Å²) in [4.78, 5) is 8.54. The molecule has 3 aromatic rings. The van der Waals surface area contributed by atoms with Gasteiger partial charge in [0.2, 0.25) is 16.0 Å². The van der Waals surface area contributed by atoms with Crippen LogP contribution in [0.1, 0.15) is 33.6 Å². The number of imidazole rings is 1. The summed E-state index contributed by atoms with van der Waals surface area (Å²) in [6, 6.07) is 7.25. The van der Waals surface area contributed by atoms with Crippen LogP contribution in [0.5, 0.6) is 0 Å². The number of rotatable bonds is 4. The van der Waals surface area contributed by atoms with Gasteiger partial charge in [-0.25, -0.2) is 23.1 Å². The lowest BCUT2D eigenvalue weighted by Gasteiger charge is -2.23. The van der Waals surface area contributed by atoms with E-state index in [9.17, 15) is 8.42 Å². The molecule has 4 rings (SSSR count). The number of aromatic nitrogens is 3. The van der Waals surface area contributed by atoms with Gasteiger partial charge in [-0.15, -0.1) is 0 Å². The van der Waals surface area contributed by atoms with Crippen LogP contribution in [0.15, 0.2) is 35.4 Å². The Morgan fingerprint density at radius 2 is 1.86 bits per heavy atom. The zero-order chi connectivity index (χ0) is 20.3. The van der Waals surface area contributed by atoms with Gasteiger partial charge in [0.05, 0.1) is 11.0 Å². The number of nitrogen functional groups attached to an aromatic ring is 2. The van der Waals surface area contributed by atoms with Crippen LogP contribution in [-0.4, -0.2) is 29.0 Å². The molecule has 0 bridgehead atoms. The van der Waals surface area contributed by atoms with Gasteiger partial charge >= 0.3 is 0 Å². The molecule has 1 aliphatic carbocycles. The first-order valence-electron chi connectivity index (χ1n) is 9.13. The molecule has 9 heteroatoms. The van der Waals surface area contributed by atoms with Crippen LogP contribution in [-0.2, 0) is 15.6 Å². The number of benzene rings is 1. The van der Waals surface area contributed by atoms with E-state index >= 15 is 0 Å². The summed E-state index contributed by atoms with van der Waals surface area (Å²) in [5.74, 6) is 0.425. The van der Waals surface area contributed by atoms with Crippen LogP contribution >= 0.6 is 0 Å². The second-order valence-electron chi connectivity index (χ2n) is 8.18. The van der Waals surface area contributed by atoms with Gasteiger partial charge in [-0.1, -0.05) is 6.07 Å². The van der Waals surface area contributed by atoms with Gasteiger partial charge in [0.25, 0.3) is 0 Å². The number of sulfonamides is 1. The van der Waals surface area contributed by atoms with Crippen LogP contribution in [0.4, 0.5) is 11.8 Å². The minimum Gasteiger partial charge on any atom is -0.383 e. The second-order valence-corrected chi connectivity index (χ2v) is 9.87. The Kier molecular flexibility index (Phi) is 4.13. The first-order chi connectivity index (χ1) is 13.1. The van der Waals surface area contributed by atoms with E-state index in [0.29, 0.717) is 11.5 Å². The van der Waals surface area contributed by atoms with Gasteiger partial charge in [-0.3, -0.25) is 0 Å². The predicted octanol–water partition coefficient (Wildman–Crippen LogP) is 2.46. The predicted molar refractivity (Wildman–Crippen MR) is 110 cm³/mol. The first-order valence-corrected chi connectivity index (χ1v) is 10.6. The Balaban J connectivity index is 1.83. The van der Waals surface area contributed by atoms with E-state index in [1.165, 1.54) is 0 Å². The highest BCUT2D eigenvalue weighted by Crippen LogP contribution is 2.32. The number of pyridine rings is 1. The molecule has 0 saturated heterocycles. The van der Waals surface area contributed by atoms with E-state index in [0.717, 1.165) is 29.4 Å². The van der Waals surface area contributed by atoms with Crippen molar-refractivity contribution in [1.82, 2.24) is 19.3 Å². The molecule has 0 unspecified atom stereocenters. The van der Waals surface area contributed by atoms with Crippen molar-refractivity contribution >= 4 is 32.8 Å². The normalized spacial score (nSPS) is 15.2. The quantitative estimate of drug-likeness (QED) is 0.617. The zero-order valence-corrected chi connectivity index (χ0v) is 16.9. The fraction of sp³-hybridized carbons (Fsp3) is 0.368. The number of nitrogens with two attached hydrogens (primary N) is 2. The van der Waals surface area contributed by atoms with E-state index in [1.807, 2.05) is 22.8 Å². The van der Waals surface area contributed by atoms with Crippen molar-refractivity contribution in [1.29, 1.82) is 0 Å². The molecule has 0 spiro atoms. The molecule has 2 aromatic heterocycles. The third-order valence-corrected chi connectivity index (χ3v) is 6.30. The van der Waals surface area contributed by atoms with Crippen LogP contribution in [0.3, 0.4) is 0 Å². The average molecular weight is 401 g/mol. The van der Waals surface area contributed by atoms with Crippen molar-refractivity contribution < 1.29 is 8.42 Å². The Morgan fingerprint density at radius 3 is 2.50 bits per heavy atom. The van der Waals surface area contributed by atoms with E-state index in [2.05, 4.69) is 35.5 Å². The summed E-state index contributed by atoms with van der Waals surface area (Å²) in [7, 11) is -3.70. The maximum absolute atomic E-state index is 12.6. The van der Waals surface area contributed by atoms with E-state index in [1.54, 1.807) is 12.3 Å². The maximum atomic E-state index is 12.6. The van der Waals surface area contributed by atoms with Gasteiger partial charge in [-0.2, -0.15) is 0 Å². The van der Waals surface area contributed by atoms with Gasteiger partial charge in [0.15, 0.2) is 0 Å². The van der Waals surface area contributed by atoms with E-state index in [4.69, 9.17) is 11.5 Å². The van der Waals surface area contributed by atoms with Crippen LogP contribution < -0.4 is 16.2 Å².